The van der Waals surface area contributed by atoms with Crippen molar-refractivity contribution in [1.29, 1.82) is 0 Å². The van der Waals surface area contributed by atoms with E-state index in [1.807, 2.05) is 0 Å². The van der Waals surface area contributed by atoms with Crippen LogP contribution in [-0.4, -0.2) is 43.2 Å². The first-order valence-corrected chi connectivity index (χ1v) is 12.2. The van der Waals surface area contributed by atoms with Crippen LogP contribution in [0, 0.1) is 13.8 Å². The van der Waals surface area contributed by atoms with Gasteiger partial charge in [-0.25, -0.2) is 0 Å². The molecule has 0 fully saturated rings. The van der Waals surface area contributed by atoms with Gasteiger partial charge in [0, 0.05) is 33.0 Å². The van der Waals surface area contributed by atoms with Crippen LogP contribution in [0.4, 0.5) is 0 Å². The number of hydrogen-bond acceptors (Lipinski definition) is 8. The number of hydrogen-bond donors (Lipinski definition) is 6. The Bertz CT molecular complexity index is 1550. The van der Waals surface area contributed by atoms with Crippen LogP contribution in [0.2, 0.25) is 0 Å². The lowest BCUT2D eigenvalue weighted by Gasteiger charge is -2.23. The smallest absolute Gasteiger partial charge is 0.169 e. The number of carbonyl (C=O) groups is 2. The quantitative estimate of drug-likeness (QED) is 0.130. The van der Waals surface area contributed by atoms with E-state index in [0.717, 1.165) is 0 Å². The van der Waals surface area contributed by atoms with Gasteiger partial charge in [-0.3, -0.25) is 9.59 Å². The topological polar surface area (TPSA) is 156 Å². The van der Waals surface area contributed by atoms with Gasteiger partial charge in [0.15, 0.2) is 35.6 Å². The van der Waals surface area contributed by atoms with Crippen LogP contribution in [-0.2, 0) is 0 Å². The largest absolute Gasteiger partial charge is 0.507 e. The van der Waals surface area contributed by atoms with Gasteiger partial charge in [-0.1, -0.05) is 39.8 Å². The summed E-state index contributed by atoms with van der Waals surface area (Å²) in [5.41, 5.74) is 1.33. The number of fused-ring (bicyclic) bond motifs is 2. The number of phenolic OH excluding ortho intramolecular Hbond substituents is 6. The Morgan fingerprint density at radius 3 is 1.13 bits per heavy atom. The molecule has 4 rings (SSSR count). The van der Waals surface area contributed by atoms with E-state index in [4.69, 9.17) is 0 Å². The first kappa shape index (κ1) is 26.6. The number of aryl methyl sites for hydroxylation is 2. The Labute approximate surface area is 219 Å². The van der Waals surface area contributed by atoms with E-state index in [2.05, 4.69) is 0 Å². The van der Waals surface area contributed by atoms with Gasteiger partial charge in [-0.05, 0) is 47.6 Å². The summed E-state index contributed by atoms with van der Waals surface area (Å²) in [4.78, 5) is 24.0. The number of phenols is 6. The molecule has 0 saturated heterocycles. The number of rotatable bonds is 5. The average Bonchev–Trinajstić information content (AvgIpc) is 2.83. The average molecular weight is 523 g/mol. The summed E-state index contributed by atoms with van der Waals surface area (Å²) >= 11 is 0. The Hall–Kier alpha value is -4.46. The zero-order chi connectivity index (χ0) is 28.4. The van der Waals surface area contributed by atoms with Crippen molar-refractivity contribution >= 4 is 34.1 Å². The molecule has 0 aliphatic carbocycles. The molecule has 4 aromatic carbocycles. The molecule has 0 saturated carbocycles. The molecule has 0 spiro atoms. The van der Waals surface area contributed by atoms with E-state index in [1.54, 1.807) is 53.7 Å². The summed E-state index contributed by atoms with van der Waals surface area (Å²) in [5, 5.41) is 66.4. The highest BCUT2D eigenvalue weighted by molar-refractivity contribution is 6.14. The Kier molecular flexibility index (Phi) is 6.39. The van der Waals surface area contributed by atoms with Gasteiger partial charge in [-0.2, -0.15) is 0 Å². The standard InChI is InChI=1S/C30H30O8/c1-11(2)19-15-7-13(5)21(27(35)23(15)17(9-31)25(33)29(19)37)22-14(6)8-16-20(12(3)4)30(38)26(34)18(10-32)24(16)28(22)36/h7-12,33-38H,1-6H3/i9+2,10+2. The van der Waals surface area contributed by atoms with Gasteiger partial charge >= 0.3 is 0 Å². The van der Waals surface area contributed by atoms with Crippen LogP contribution in [0.5, 0.6) is 34.5 Å². The van der Waals surface area contributed by atoms with Crippen LogP contribution < -0.4 is 0 Å². The predicted molar refractivity (Wildman–Crippen MR) is 145 cm³/mol. The van der Waals surface area contributed by atoms with Crippen molar-refractivity contribution in [3.63, 3.8) is 0 Å². The molecular weight excluding hydrogens is 492 g/mol. The highest BCUT2D eigenvalue weighted by Crippen LogP contribution is 2.54. The minimum atomic E-state index is -0.661. The molecule has 0 radical (unpaired) electrons. The molecule has 38 heavy (non-hydrogen) atoms. The number of aromatic hydroxyl groups is 6. The molecule has 0 bridgehead atoms. The van der Waals surface area contributed by atoms with E-state index >= 15 is 0 Å². The lowest BCUT2D eigenvalue weighted by molar-refractivity contribution is 0.111. The van der Waals surface area contributed by atoms with Crippen LogP contribution >= 0.6 is 0 Å². The van der Waals surface area contributed by atoms with Crippen molar-refractivity contribution in [2.45, 2.75) is 53.4 Å². The second-order valence-electron chi connectivity index (χ2n) is 10.3. The second-order valence-corrected chi connectivity index (χ2v) is 10.3. The summed E-state index contributed by atoms with van der Waals surface area (Å²) < 4.78 is 0. The summed E-state index contributed by atoms with van der Waals surface area (Å²) in [5.74, 6) is -3.57. The second kappa shape index (κ2) is 9.13. The van der Waals surface area contributed by atoms with Crippen LogP contribution in [0.3, 0.4) is 0 Å². The Morgan fingerprint density at radius 1 is 0.553 bits per heavy atom. The molecule has 0 aliphatic heterocycles. The van der Waals surface area contributed by atoms with E-state index < -0.39 is 34.5 Å². The van der Waals surface area contributed by atoms with Crippen molar-refractivity contribution in [1.82, 2.24) is 0 Å². The molecular formula is C30H30O8. The maximum Gasteiger partial charge on any atom is 0.169 e. The number of carbonyl (C=O) groups excluding carboxylic acids is 2. The minimum absolute atomic E-state index is 0.00512. The monoisotopic (exact) mass is 522 g/mol. The molecule has 0 unspecified atom stereocenters. The first-order valence-electron chi connectivity index (χ1n) is 12.2. The zero-order valence-electron chi connectivity index (χ0n) is 22.0. The SMILES string of the molecule is Cc1cc2c(C(C)C)c(O)c(O)c([14CH]=O)c2c(O)c1-c1c(C)cc2c(C(C)C)c(O)c(O)c([14CH]=O)c2c1O. The van der Waals surface area contributed by atoms with Gasteiger partial charge in [0.2, 0.25) is 0 Å². The Balaban J connectivity index is 2.27. The molecule has 0 atom stereocenters. The highest BCUT2D eigenvalue weighted by Gasteiger charge is 2.29. The molecule has 8 heteroatoms. The van der Waals surface area contributed by atoms with Gasteiger partial charge < -0.3 is 30.6 Å². The van der Waals surface area contributed by atoms with Gasteiger partial charge in [0.05, 0.1) is 11.1 Å². The van der Waals surface area contributed by atoms with Gasteiger partial charge in [-0.15, -0.1) is 0 Å². The van der Waals surface area contributed by atoms with Gasteiger partial charge in [0.25, 0.3) is 0 Å². The molecule has 0 amide bonds. The van der Waals surface area contributed by atoms with Crippen molar-refractivity contribution in [3.05, 3.63) is 45.5 Å². The third kappa shape index (κ3) is 3.51. The summed E-state index contributed by atoms with van der Waals surface area (Å²) in [6.45, 7) is 10.5. The lowest BCUT2D eigenvalue weighted by Crippen LogP contribution is -2.01. The summed E-state index contributed by atoms with van der Waals surface area (Å²) in [6.07, 6.45) is 0.682. The van der Waals surface area contributed by atoms with Crippen LogP contribution in [0.15, 0.2) is 12.1 Å². The maximum atomic E-state index is 12.0. The molecule has 0 heterocycles. The fourth-order valence-electron chi connectivity index (χ4n) is 5.60. The molecule has 0 aliphatic rings. The van der Waals surface area contributed by atoms with Crippen molar-refractivity contribution in [3.8, 4) is 45.6 Å². The fraction of sp³-hybridized carbons (Fsp3) is 0.267. The lowest BCUT2D eigenvalue weighted by atomic mass is 9.84. The van der Waals surface area contributed by atoms with Gasteiger partial charge in [0.1, 0.15) is 11.5 Å². The number of aldehydes is 2. The summed E-state index contributed by atoms with van der Waals surface area (Å²) in [6, 6.07) is 3.31. The molecule has 0 aromatic heterocycles. The molecule has 6 N–H and O–H groups in total. The first-order chi connectivity index (χ1) is 17.8. The summed E-state index contributed by atoms with van der Waals surface area (Å²) in [7, 11) is 0. The number of benzene rings is 4. The third-order valence-corrected chi connectivity index (χ3v) is 7.22. The fourth-order valence-corrected chi connectivity index (χ4v) is 5.60. The van der Waals surface area contributed by atoms with E-state index in [1.165, 1.54) is 0 Å². The van der Waals surface area contributed by atoms with Crippen LogP contribution in [0.1, 0.15) is 82.5 Å². The van der Waals surface area contributed by atoms with E-state index in [-0.39, 0.29) is 44.9 Å². The third-order valence-electron chi connectivity index (χ3n) is 7.22. The molecule has 8 nitrogen and oxygen atoms in total. The van der Waals surface area contributed by atoms with Crippen LogP contribution in [0.25, 0.3) is 32.7 Å². The van der Waals surface area contributed by atoms with Crippen molar-refractivity contribution in [2.75, 3.05) is 0 Å². The highest BCUT2D eigenvalue weighted by atomic mass is 16.3. The van der Waals surface area contributed by atoms with Crippen molar-refractivity contribution in [2.24, 2.45) is 0 Å². The zero-order valence-corrected chi connectivity index (χ0v) is 22.0. The van der Waals surface area contributed by atoms with E-state index in [9.17, 15) is 40.2 Å². The minimum Gasteiger partial charge on any atom is -0.507 e. The molecule has 198 valence electrons. The van der Waals surface area contributed by atoms with E-state index in [0.29, 0.717) is 45.6 Å². The van der Waals surface area contributed by atoms with Crippen molar-refractivity contribution < 1.29 is 40.2 Å². The molecule has 4 aromatic rings. The predicted octanol–water partition coefficient (Wildman–Crippen LogP) is 6.38. The normalized spacial score (nSPS) is 11.7. The maximum absolute atomic E-state index is 12.0. The Morgan fingerprint density at radius 2 is 0.868 bits per heavy atom.